The molecule has 0 radical (unpaired) electrons. The summed E-state index contributed by atoms with van der Waals surface area (Å²) in [6.45, 7) is 0.675. The molecule has 0 amide bonds. The molecule has 1 unspecified atom stereocenters. The normalized spacial score (nSPS) is 24.8. The summed E-state index contributed by atoms with van der Waals surface area (Å²) >= 11 is 0. The van der Waals surface area contributed by atoms with Gasteiger partial charge in [-0.25, -0.2) is 4.79 Å². The molecule has 0 aliphatic carbocycles. The molecule has 1 heterocycles. The summed E-state index contributed by atoms with van der Waals surface area (Å²) in [5.74, 6) is -0.860. The molecule has 1 aromatic carbocycles. The van der Waals surface area contributed by atoms with Gasteiger partial charge in [-0.15, -0.1) is 5.06 Å². The van der Waals surface area contributed by atoms with E-state index in [2.05, 4.69) is 5.32 Å². The highest BCUT2D eigenvalue weighted by molar-refractivity contribution is 5.79. The minimum Gasteiger partial charge on any atom is -0.458 e. The third kappa shape index (κ3) is 2.68. The zero-order chi connectivity index (χ0) is 13.0. The molecule has 1 aromatic rings. The Balaban J connectivity index is 1.95. The molecule has 3 N–H and O–H groups in total. The largest absolute Gasteiger partial charge is 0.458 e. The molecule has 1 fully saturated rings. The van der Waals surface area contributed by atoms with Crippen LogP contribution in [0.5, 0.6) is 0 Å². The lowest BCUT2D eigenvalue weighted by Crippen LogP contribution is -2.64. The average Bonchev–Trinajstić information content (AvgIpc) is 2.40. The van der Waals surface area contributed by atoms with Gasteiger partial charge in [-0.3, -0.25) is 0 Å². The van der Waals surface area contributed by atoms with Gasteiger partial charge in [-0.2, -0.15) is 0 Å². The van der Waals surface area contributed by atoms with E-state index in [9.17, 15) is 15.1 Å². The van der Waals surface area contributed by atoms with Crippen molar-refractivity contribution in [2.24, 2.45) is 0 Å². The van der Waals surface area contributed by atoms with Crippen molar-refractivity contribution in [2.45, 2.75) is 12.3 Å². The minimum absolute atomic E-state index is 0.0584. The molecular formula is C12H16N2O4. The number of β-amino-alcohol motifs (C(OH)–C–C–N with tert-alkyl or cyclic N) is 1. The van der Waals surface area contributed by atoms with Gasteiger partial charge in [0.1, 0.15) is 6.61 Å². The first-order valence-electron chi connectivity index (χ1n) is 5.74. The Labute approximate surface area is 105 Å². The zero-order valence-corrected chi connectivity index (χ0v) is 9.87. The first-order chi connectivity index (χ1) is 8.63. The number of esters is 1. The fourth-order valence-electron chi connectivity index (χ4n) is 1.74. The van der Waals surface area contributed by atoms with E-state index in [1.807, 2.05) is 30.3 Å². The number of nitrogens with zero attached hydrogens (tertiary/aromatic N) is 1. The van der Waals surface area contributed by atoms with Gasteiger partial charge in [-0.05, 0) is 5.56 Å². The maximum absolute atomic E-state index is 11.8. The van der Waals surface area contributed by atoms with Crippen LogP contribution in [-0.2, 0) is 16.1 Å². The molecule has 0 spiro atoms. The van der Waals surface area contributed by atoms with Crippen LogP contribution in [-0.4, -0.2) is 46.7 Å². The Kier molecular flexibility index (Phi) is 3.93. The number of rotatable bonds is 3. The van der Waals surface area contributed by atoms with Gasteiger partial charge < -0.3 is 20.4 Å². The second-order valence-corrected chi connectivity index (χ2v) is 4.18. The number of benzene rings is 1. The van der Waals surface area contributed by atoms with E-state index >= 15 is 0 Å². The molecule has 6 nitrogen and oxygen atoms in total. The fourth-order valence-corrected chi connectivity index (χ4v) is 1.74. The highest BCUT2D eigenvalue weighted by atomic mass is 16.6. The Hall–Kier alpha value is -1.47. The lowest BCUT2D eigenvalue weighted by Gasteiger charge is -2.36. The maximum atomic E-state index is 11.8. The average molecular weight is 252 g/mol. The third-order valence-corrected chi connectivity index (χ3v) is 2.84. The number of carbonyl (C=O) groups is 1. The Morgan fingerprint density at radius 2 is 2.17 bits per heavy atom. The maximum Gasteiger partial charge on any atom is 0.357 e. The minimum atomic E-state index is -2.01. The molecule has 1 atom stereocenters. The van der Waals surface area contributed by atoms with Crippen molar-refractivity contribution < 1.29 is 19.8 Å². The summed E-state index contributed by atoms with van der Waals surface area (Å²) in [7, 11) is 0. The Morgan fingerprint density at radius 1 is 1.44 bits per heavy atom. The monoisotopic (exact) mass is 252 g/mol. The van der Waals surface area contributed by atoms with Gasteiger partial charge >= 0.3 is 5.97 Å². The van der Waals surface area contributed by atoms with Gasteiger partial charge in [0, 0.05) is 13.1 Å². The number of ether oxygens (including phenoxy) is 1. The second kappa shape index (κ2) is 5.45. The predicted octanol–water partition coefficient (Wildman–Crippen LogP) is -0.287. The summed E-state index contributed by atoms with van der Waals surface area (Å²) in [6, 6.07) is 9.15. The van der Waals surface area contributed by atoms with E-state index in [1.54, 1.807) is 0 Å². The molecule has 98 valence electrons. The number of nitrogens with one attached hydrogen (secondary N) is 1. The van der Waals surface area contributed by atoms with Crippen LogP contribution in [0.25, 0.3) is 0 Å². The summed E-state index contributed by atoms with van der Waals surface area (Å²) in [6.07, 6.45) is 0. The number of hydroxylamine groups is 2. The van der Waals surface area contributed by atoms with Crippen molar-refractivity contribution >= 4 is 5.97 Å². The summed E-state index contributed by atoms with van der Waals surface area (Å²) in [5.41, 5.74) is -1.18. The molecule has 0 saturated carbocycles. The summed E-state index contributed by atoms with van der Waals surface area (Å²) < 4.78 is 5.01. The van der Waals surface area contributed by atoms with Gasteiger partial charge in [0.05, 0.1) is 6.54 Å². The highest BCUT2D eigenvalue weighted by Crippen LogP contribution is 2.15. The van der Waals surface area contributed by atoms with Crippen LogP contribution in [0.15, 0.2) is 30.3 Å². The first-order valence-corrected chi connectivity index (χ1v) is 5.74. The lowest BCUT2D eigenvalue weighted by atomic mass is 10.1. The van der Waals surface area contributed by atoms with Crippen molar-refractivity contribution in [3.63, 3.8) is 0 Å². The smallest absolute Gasteiger partial charge is 0.357 e. The fraction of sp³-hybridized carbons (Fsp3) is 0.417. The van der Waals surface area contributed by atoms with Crippen LogP contribution in [0, 0.1) is 0 Å². The van der Waals surface area contributed by atoms with Gasteiger partial charge in [0.2, 0.25) is 0 Å². The van der Waals surface area contributed by atoms with Crippen LogP contribution in [0.3, 0.4) is 0 Å². The van der Waals surface area contributed by atoms with Crippen LogP contribution in [0.1, 0.15) is 5.56 Å². The number of hydrogen-bond acceptors (Lipinski definition) is 6. The van der Waals surface area contributed by atoms with E-state index in [-0.39, 0.29) is 19.7 Å². The molecule has 18 heavy (non-hydrogen) atoms. The first kappa shape index (κ1) is 13.0. The second-order valence-electron chi connectivity index (χ2n) is 4.18. The van der Waals surface area contributed by atoms with Crippen LogP contribution in [0.2, 0.25) is 0 Å². The van der Waals surface area contributed by atoms with E-state index in [1.165, 1.54) is 0 Å². The number of hydrogen-bond donors (Lipinski definition) is 3. The molecule has 1 aliphatic heterocycles. The molecule has 1 aliphatic rings. The van der Waals surface area contributed by atoms with Crippen molar-refractivity contribution in [1.29, 1.82) is 0 Å². The molecule has 1 saturated heterocycles. The quantitative estimate of drug-likeness (QED) is 0.641. The number of piperazine rings is 1. The molecule has 6 heteroatoms. The predicted molar refractivity (Wildman–Crippen MR) is 62.6 cm³/mol. The van der Waals surface area contributed by atoms with Crippen molar-refractivity contribution in [3.8, 4) is 0 Å². The number of carbonyl (C=O) groups excluding carboxylic acids is 1. The van der Waals surface area contributed by atoms with Gasteiger partial charge in [-0.1, -0.05) is 30.3 Å². The van der Waals surface area contributed by atoms with Crippen molar-refractivity contribution in [1.82, 2.24) is 10.4 Å². The van der Waals surface area contributed by atoms with Crippen molar-refractivity contribution in [3.05, 3.63) is 35.9 Å². The van der Waals surface area contributed by atoms with E-state index in [4.69, 9.17) is 4.74 Å². The lowest BCUT2D eigenvalue weighted by molar-refractivity contribution is -0.271. The highest BCUT2D eigenvalue weighted by Gasteiger charge is 2.45. The standard InChI is InChI=1S/C12H16N2O4/c15-11(12(16)9-13-6-7-14(12)17)18-8-10-4-2-1-3-5-10/h1-5,13,16-17H,6-9H2. The topological polar surface area (TPSA) is 82.0 Å². The Morgan fingerprint density at radius 3 is 2.83 bits per heavy atom. The van der Waals surface area contributed by atoms with Crippen LogP contribution in [0.4, 0.5) is 0 Å². The van der Waals surface area contributed by atoms with Crippen LogP contribution < -0.4 is 5.32 Å². The molecule has 0 aromatic heterocycles. The van der Waals surface area contributed by atoms with Crippen LogP contribution >= 0.6 is 0 Å². The van der Waals surface area contributed by atoms with Gasteiger partial charge in [0.15, 0.2) is 0 Å². The van der Waals surface area contributed by atoms with E-state index in [0.717, 1.165) is 5.56 Å². The molecule has 0 bridgehead atoms. The molecule has 2 rings (SSSR count). The van der Waals surface area contributed by atoms with E-state index < -0.39 is 11.7 Å². The summed E-state index contributed by atoms with van der Waals surface area (Å²) in [4.78, 5) is 11.8. The van der Waals surface area contributed by atoms with Crippen molar-refractivity contribution in [2.75, 3.05) is 19.6 Å². The SMILES string of the molecule is O=C(OCc1ccccc1)C1(O)CNCCN1O. The van der Waals surface area contributed by atoms with Gasteiger partial charge in [0.25, 0.3) is 5.72 Å². The zero-order valence-electron chi connectivity index (χ0n) is 9.87. The number of aliphatic hydroxyl groups is 1. The Bertz CT molecular complexity index is 412. The molecular weight excluding hydrogens is 236 g/mol. The summed E-state index contributed by atoms with van der Waals surface area (Å²) in [5, 5.41) is 23.0. The third-order valence-electron chi connectivity index (χ3n) is 2.84. The van der Waals surface area contributed by atoms with E-state index in [0.29, 0.717) is 11.6 Å².